The van der Waals surface area contributed by atoms with Gasteiger partial charge < -0.3 is 0 Å². The summed E-state index contributed by atoms with van der Waals surface area (Å²) in [6.07, 6.45) is 7.48. The fraction of sp³-hybridized carbons (Fsp3) is 0.500. The van der Waals surface area contributed by atoms with E-state index in [1.54, 1.807) is 18.2 Å². The molecule has 0 radical (unpaired) electrons. The van der Waals surface area contributed by atoms with Gasteiger partial charge in [0.15, 0.2) is 0 Å². The Hall–Kier alpha value is -1.77. The molecule has 0 nitrogen and oxygen atoms in total. The molecule has 0 aliphatic heterocycles. The van der Waals surface area contributed by atoms with E-state index < -0.39 is 11.6 Å². The molecule has 3 heteroatoms. The zero-order valence-electron chi connectivity index (χ0n) is 15.9. The molecule has 0 aromatic heterocycles. The van der Waals surface area contributed by atoms with Crippen LogP contribution in [0.15, 0.2) is 30.3 Å². The maximum absolute atomic E-state index is 14.9. The molecule has 0 saturated heterocycles. The van der Waals surface area contributed by atoms with Gasteiger partial charge in [-0.05, 0) is 104 Å². The van der Waals surface area contributed by atoms with E-state index in [2.05, 4.69) is 6.92 Å². The van der Waals surface area contributed by atoms with Crippen LogP contribution in [0.4, 0.5) is 13.2 Å². The normalized spacial score (nSPS) is 25.3. The molecule has 2 aromatic carbocycles. The standard InChI is InChI=1S/C24H27F3/c1-2-15-3-5-16(6-4-15)20-13-22(26)24(23(27)14-20)18-8-7-17-9-10-21(25)12-19(17)11-18/h9-10,12-16,18H,2-8,11H2,1H3. The highest BCUT2D eigenvalue weighted by Gasteiger charge is 2.28. The molecular formula is C24H27F3. The second kappa shape index (κ2) is 7.69. The van der Waals surface area contributed by atoms with Gasteiger partial charge in [0.05, 0.1) is 0 Å². The third-order valence-corrected chi connectivity index (χ3v) is 6.80. The number of fused-ring (bicyclic) bond motifs is 1. The van der Waals surface area contributed by atoms with Crippen molar-refractivity contribution in [2.24, 2.45) is 5.92 Å². The maximum atomic E-state index is 14.9. The van der Waals surface area contributed by atoms with E-state index in [0.717, 1.165) is 54.7 Å². The molecule has 1 atom stereocenters. The smallest absolute Gasteiger partial charge is 0.129 e. The molecule has 144 valence electrons. The quantitative estimate of drug-likeness (QED) is 0.541. The molecule has 0 heterocycles. The number of aryl methyl sites for hydroxylation is 1. The number of rotatable bonds is 3. The summed E-state index contributed by atoms with van der Waals surface area (Å²) in [6.45, 7) is 2.22. The van der Waals surface area contributed by atoms with Crippen LogP contribution in [0, 0.1) is 23.4 Å². The minimum Gasteiger partial charge on any atom is -0.207 e. The van der Waals surface area contributed by atoms with Crippen molar-refractivity contribution in [1.29, 1.82) is 0 Å². The van der Waals surface area contributed by atoms with Crippen molar-refractivity contribution in [2.45, 2.75) is 70.1 Å². The predicted molar refractivity (Wildman–Crippen MR) is 103 cm³/mol. The minimum absolute atomic E-state index is 0.191. The molecule has 0 amide bonds. The van der Waals surface area contributed by atoms with E-state index in [0.29, 0.717) is 12.8 Å². The van der Waals surface area contributed by atoms with E-state index in [1.165, 1.54) is 18.6 Å². The first kappa shape index (κ1) is 18.6. The van der Waals surface area contributed by atoms with Crippen molar-refractivity contribution in [1.82, 2.24) is 0 Å². The Bertz CT molecular complexity index is 795. The van der Waals surface area contributed by atoms with Crippen LogP contribution >= 0.6 is 0 Å². The van der Waals surface area contributed by atoms with Crippen LogP contribution in [0.5, 0.6) is 0 Å². The van der Waals surface area contributed by atoms with E-state index in [9.17, 15) is 13.2 Å². The lowest BCUT2D eigenvalue weighted by Gasteiger charge is -2.29. The zero-order valence-corrected chi connectivity index (χ0v) is 15.9. The van der Waals surface area contributed by atoms with Gasteiger partial charge in [0.1, 0.15) is 17.5 Å². The van der Waals surface area contributed by atoms with Crippen molar-refractivity contribution >= 4 is 0 Å². The fourth-order valence-corrected chi connectivity index (χ4v) is 5.11. The summed E-state index contributed by atoms with van der Waals surface area (Å²) < 4.78 is 43.4. The van der Waals surface area contributed by atoms with E-state index >= 15 is 0 Å². The van der Waals surface area contributed by atoms with Crippen molar-refractivity contribution in [2.75, 3.05) is 0 Å². The molecule has 0 N–H and O–H groups in total. The van der Waals surface area contributed by atoms with Crippen LogP contribution in [0.1, 0.15) is 79.5 Å². The summed E-state index contributed by atoms with van der Waals surface area (Å²) >= 11 is 0. The van der Waals surface area contributed by atoms with Gasteiger partial charge in [-0.3, -0.25) is 0 Å². The molecule has 0 spiro atoms. The molecule has 4 rings (SSSR count). The number of hydrogen-bond donors (Lipinski definition) is 0. The average Bonchev–Trinajstić information content (AvgIpc) is 2.67. The summed E-state index contributed by atoms with van der Waals surface area (Å²) in [4.78, 5) is 0. The predicted octanol–water partition coefficient (Wildman–Crippen LogP) is 7.06. The summed E-state index contributed by atoms with van der Waals surface area (Å²) in [5.41, 5.74) is 2.98. The lowest BCUT2D eigenvalue weighted by Crippen LogP contribution is -2.17. The summed E-state index contributed by atoms with van der Waals surface area (Å²) in [7, 11) is 0. The van der Waals surface area contributed by atoms with Gasteiger partial charge in [0, 0.05) is 5.56 Å². The van der Waals surface area contributed by atoms with Crippen LogP contribution < -0.4 is 0 Å². The topological polar surface area (TPSA) is 0 Å². The van der Waals surface area contributed by atoms with Gasteiger partial charge in [-0.15, -0.1) is 0 Å². The Morgan fingerprint density at radius 3 is 2.19 bits per heavy atom. The molecule has 1 saturated carbocycles. The van der Waals surface area contributed by atoms with Gasteiger partial charge in [0.2, 0.25) is 0 Å². The van der Waals surface area contributed by atoms with E-state index in [-0.39, 0.29) is 23.2 Å². The molecule has 27 heavy (non-hydrogen) atoms. The second-order valence-corrected chi connectivity index (χ2v) is 8.38. The second-order valence-electron chi connectivity index (χ2n) is 8.38. The number of benzene rings is 2. The SMILES string of the molecule is CCC1CCC(c2cc(F)c(C3CCc4ccc(F)cc4C3)c(F)c2)CC1. The summed E-state index contributed by atoms with van der Waals surface area (Å²) in [6, 6.07) is 7.90. The summed E-state index contributed by atoms with van der Waals surface area (Å²) in [5, 5.41) is 0. The largest absolute Gasteiger partial charge is 0.207 e. The maximum Gasteiger partial charge on any atom is 0.129 e. The Kier molecular flexibility index (Phi) is 5.29. The van der Waals surface area contributed by atoms with Crippen molar-refractivity contribution < 1.29 is 13.2 Å². The Labute approximate surface area is 159 Å². The third-order valence-electron chi connectivity index (χ3n) is 6.80. The highest BCUT2D eigenvalue weighted by atomic mass is 19.1. The zero-order chi connectivity index (χ0) is 19.0. The monoisotopic (exact) mass is 372 g/mol. The van der Waals surface area contributed by atoms with Crippen LogP contribution in [0.2, 0.25) is 0 Å². The Balaban J connectivity index is 1.56. The van der Waals surface area contributed by atoms with E-state index in [4.69, 9.17) is 0 Å². The Morgan fingerprint density at radius 1 is 0.815 bits per heavy atom. The fourth-order valence-electron chi connectivity index (χ4n) is 5.11. The number of hydrogen-bond acceptors (Lipinski definition) is 0. The molecule has 2 aliphatic carbocycles. The van der Waals surface area contributed by atoms with Crippen molar-refractivity contribution in [3.63, 3.8) is 0 Å². The van der Waals surface area contributed by atoms with Crippen LogP contribution in [0.25, 0.3) is 0 Å². The first-order valence-electron chi connectivity index (χ1n) is 10.3. The van der Waals surface area contributed by atoms with Crippen molar-refractivity contribution in [3.8, 4) is 0 Å². The molecule has 1 fully saturated rings. The third kappa shape index (κ3) is 3.79. The first-order valence-corrected chi connectivity index (χ1v) is 10.3. The van der Waals surface area contributed by atoms with Gasteiger partial charge in [-0.1, -0.05) is 19.4 Å². The molecular weight excluding hydrogens is 345 g/mol. The lowest BCUT2D eigenvalue weighted by atomic mass is 9.76. The molecule has 2 aromatic rings. The van der Waals surface area contributed by atoms with Crippen LogP contribution in [-0.4, -0.2) is 0 Å². The van der Waals surface area contributed by atoms with Gasteiger partial charge in [-0.25, -0.2) is 13.2 Å². The molecule has 2 aliphatic rings. The van der Waals surface area contributed by atoms with Gasteiger partial charge in [-0.2, -0.15) is 0 Å². The number of halogens is 3. The molecule has 0 bridgehead atoms. The van der Waals surface area contributed by atoms with Gasteiger partial charge in [0.25, 0.3) is 0 Å². The molecule has 1 unspecified atom stereocenters. The Morgan fingerprint density at radius 2 is 1.52 bits per heavy atom. The first-order chi connectivity index (χ1) is 13.0. The average molecular weight is 372 g/mol. The van der Waals surface area contributed by atoms with E-state index in [1.807, 2.05) is 0 Å². The van der Waals surface area contributed by atoms with Crippen molar-refractivity contribution in [3.05, 3.63) is 70.0 Å². The van der Waals surface area contributed by atoms with Gasteiger partial charge >= 0.3 is 0 Å². The highest BCUT2D eigenvalue weighted by Crippen LogP contribution is 2.40. The highest BCUT2D eigenvalue weighted by molar-refractivity contribution is 5.37. The van der Waals surface area contributed by atoms with Crippen LogP contribution in [0.3, 0.4) is 0 Å². The van der Waals surface area contributed by atoms with Crippen LogP contribution in [-0.2, 0) is 12.8 Å². The minimum atomic E-state index is -0.424. The lowest BCUT2D eigenvalue weighted by molar-refractivity contribution is 0.317. The summed E-state index contributed by atoms with van der Waals surface area (Å²) in [5.74, 6) is -0.317.